The van der Waals surface area contributed by atoms with Crippen molar-refractivity contribution in [3.8, 4) is 0 Å². The summed E-state index contributed by atoms with van der Waals surface area (Å²) >= 11 is 8.20. The molecule has 9 heavy (non-hydrogen) atoms. The van der Waals surface area contributed by atoms with E-state index in [-0.39, 0.29) is 5.37 Å². The third kappa shape index (κ3) is 3.38. The average molecular weight is 165 g/mol. The molecule has 0 aliphatic rings. The van der Waals surface area contributed by atoms with E-state index in [1.807, 2.05) is 0 Å². The Morgan fingerprint density at radius 2 is 1.67 bits per heavy atom. The van der Waals surface area contributed by atoms with Crippen molar-refractivity contribution in [3.05, 3.63) is 0 Å². The van der Waals surface area contributed by atoms with Crippen molar-refractivity contribution >= 4 is 25.4 Å². The predicted molar refractivity (Wildman–Crippen MR) is 48.9 cm³/mol. The molecule has 1 nitrogen and oxygen atoms in total. The molecule has 2 unspecified atom stereocenters. The van der Waals surface area contributed by atoms with Crippen LogP contribution in [-0.4, -0.2) is 5.37 Å². The maximum atomic E-state index is 4.28. The molecular formula is C6H15NS2. The monoisotopic (exact) mass is 165 g/mol. The van der Waals surface area contributed by atoms with Crippen molar-refractivity contribution in [1.82, 2.24) is 4.72 Å². The third-order valence-electron chi connectivity index (χ3n) is 1.68. The number of rotatable bonds is 3. The summed E-state index contributed by atoms with van der Waals surface area (Å²) in [5, 5.41) is 0.202. The summed E-state index contributed by atoms with van der Waals surface area (Å²) in [6.45, 7) is 6.52. The smallest absolute Gasteiger partial charge is 0.0623 e. The highest BCUT2D eigenvalue weighted by atomic mass is 32.1. The van der Waals surface area contributed by atoms with Gasteiger partial charge in [0.25, 0.3) is 0 Å². The molecule has 0 aliphatic carbocycles. The molecule has 0 amide bonds. The summed E-state index contributed by atoms with van der Waals surface area (Å²) in [5.74, 6) is 1.22. The average Bonchev–Trinajstić information content (AvgIpc) is 1.84. The molecule has 0 aliphatic heterocycles. The SMILES string of the molecule is CC(C)C(C)C(S)NS. The van der Waals surface area contributed by atoms with Gasteiger partial charge in [0.15, 0.2) is 0 Å². The van der Waals surface area contributed by atoms with E-state index in [1.54, 1.807) is 0 Å². The molecule has 1 N–H and O–H groups in total. The van der Waals surface area contributed by atoms with Gasteiger partial charge in [-0.15, -0.1) is 0 Å². The van der Waals surface area contributed by atoms with Crippen molar-refractivity contribution in [3.63, 3.8) is 0 Å². The van der Waals surface area contributed by atoms with Crippen molar-refractivity contribution in [1.29, 1.82) is 0 Å². The second-order valence-electron chi connectivity index (χ2n) is 2.68. The van der Waals surface area contributed by atoms with Crippen LogP contribution in [-0.2, 0) is 0 Å². The van der Waals surface area contributed by atoms with Gasteiger partial charge >= 0.3 is 0 Å². The minimum atomic E-state index is 0.202. The Balaban J connectivity index is 3.58. The first-order chi connectivity index (χ1) is 4.09. The van der Waals surface area contributed by atoms with Crippen LogP contribution in [0, 0.1) is 11.8 Å². The first-order valence-corrected chi connectivity index (χ1v) is 4.13. The summed E-state index contributed by atoms with van der Waals surface area (Å²) in [6, 6.07) is 0. The molecular weight excluding hydrogens is 150 g/mol. The fraction of sp³-hybridized carbons (Fsp3) is 1.00. The van der Waals surface area contributed by atoms with Gasteiger partial charge in [0.05, 0.1) is 5.37 Å². The van der Waals surface area contributed by atoms with Gasteiger partial charge in [-0.25, -0.2) is 0 Å². The molecule has 0 aromatic heterocycles. The number of thiol groups is 2. The van der Waals surface area contributed by atoms with Crippen LogP contribution < -0.4 is 4.72 Å². The van der Waals surface area contributed by atoms with Gasteiger partial charge in [0.1, 0.15) is 0 Å². The lowest BCUT2D eigenvalue weighted by atomic mass is 9.98. The highest BCUT2D eigenvalue weighted by molar-refractivity contribution is 7.83. The topological polar surface area (TPSA) is 12.0 Å². The lowest BCUT2D eigenvalue weighted by Crippen LogP contribution is -2.26. The number of nitrogens with one attached hydrogen (secondary N) is 1. The van der Waals surface area contributed by atoms with Crippen molar-refractivity contribution in [2.24, 2.45) is 11.8 Å². The van der Waals surface area contributed by atoms with Gasteiger partial charge in [-0.2, -0.15) is 12.6 Å². The lowest BCUT2D eigenvalue weighted by molar-refractivity contribution is 0.401. The molecule has 3 heteroatoms. The zero-order valence-corrected chi connectivity index (χ0v) is 7.92. The summed E-state index contributed by atoms with van der Waals surface area (Å²) in [4.78, 5) is 0. The van der Waals surface area contributed by atoms with Crippen molar-refractivity contribution < 1.29 is 0 Å². The maximum absolute atomic E-state index is 4.28. The second kappa shape index (κ2) is 4.47. The zero-order valence-electron chi connectivity index (χ0n) is 6.13. The minimum absolute atomic E-state index is 0.202. The molecule has 0 rings (SSSR count). The Morgan fingerprint density at radius 3 is 1.78 bits per heavy atom. The van der Waals surface area contributed by atoms with Crippen molar-refractivity contribution in [2.75, 3.05) is 0 Å². The molecule has 0 heterocycles. The van der Waals surface area contributed by atoms with Crippen LogP contribution in [0.2, 0.25) is 0 Å². The normalized spacial score (nSPS) is 18.0. The third-order valence-corrected chi connectivity index (χ3v) is 2.76. The van der Waals surface area contributed by atoms with E-state index in [0.29, 0.717) is 11.8 Å². The standard InChI is InChI=1S/C6H15NS2/c1-4(2)5(3)6(8)7-9/h4-9H,1-3H3. The fourth-order valence-corrected chi connectivity index (χ4v) is 1.06. The van der Waals surface area contributed by atoms with E-state index in [4.69, 9.17) is 0 Å². The number of hydrogen-bond acceptors (Lipinski definition) is 3. The van der Waals surface area contributed by atoms with E-state index in [0.717, 1.165) is 0 Å². The maximum Gasteiger partial charge on any atom is 0.0623 e. The molecule has 2 atom stereocenters. The first kappa shape index (κ1) is 9.66. The molecule has 0 aromatic carbocycles. The number of hydrogen-bond donors (Lipinski definition) is 3. The van der Waals surface area contributed by atoms with Crippen LogP contribution in [0.1, 0.15) is 20.8 Å². The van der Waals surface area contributed by atoms with E-state index in [1.165, 1.54) is 0 Å². The van der Waals surface area contributed by atoms with E-state index in [9.17, 15) is 0 Å². The highest BCUT2D eigenvalue weighted by Crippen LogP contribution is 2.16. The Hall–Kier alpha value is 0.660. The summed E-state index contributed by atoms with van der Waals surface area (Å²) < 4.78 is 2.80. The van der Waals surface area contributed by atoms with Gasteiger partial charge in [-0.3, -0.25) is 4.72 Å². The largest absolute Gasteiger partial charge is 0.254 e. The minimum Gasteiger partial charge on any atom is -0.254 e. The van der Waals surface area contributed by atoms with E-state index >= 15 is 0 Å². The Morgan fingerprint density at radius 1 is 1.22 bits per heavy atom. The van der Waals surface area contributed by atoms with Gasteiger partial charge in [-0.1, -0.05) is 33.6 Å². The molecule has 0 aromatic rings. The summed E-state index contributed by atoms with van der Waals surface area (Å²) in [5.41, 5.74) is 0. The molecule has 0 saturated carbocycles. The van der Waals surface area contributed by atoms with Gasteiger partial charge < -0.3 is 0 Å². The van der Waals surface area contributed by atoms with E-state index < -0.39 is 0 Å². The predicted octanol–water partition coefficient (Wildman–Crippen LogP) is 1.97. The lowest BCUT2D eigenvalue weighted by Gasteiger charge is -2.20. The zero-order chi connectivity index (χ0) is 7.44. The van der Waals surface area contributed by atoms with Crippen LogP contribution in [0.25, 0.3) is 0 Å². The molecule has 56 valence electrons. The second-order valence-corrected chi connectivity index (χ2v) is 3.49. The molecule has 0 spiro atoms. The molecule has 0 fully saturated rings. The fourth-order valence-electron chi connectivity index (χ4n) is 0.482. The highest BCUT2D eigenvalue weighted by Gasteiger charge is 2.13. The van der Waals surface area contributed by atoms with Gasteiger partial charge in [0.2, 0.25) is 0 Å². The molecule has 0 radical (unpaired) electrons. The quantitative estimate of drug-likeness (QED) is 0.429. The summed E-state index contributed by atoms with van der Waals surface area (Å²) in [6.07, 6.45) is 0. The first-order valence-electron chi connectivity index (χ1n) is 3.17. The van der Waals surface area contributed by atoms with Crippen LogP contribution in [0.5, 0.6) is 0 Å². The Kier molecular flexibility index (Phi) is 4.80. The van der Waals surface area contributed by atoms with Crippen molar-refractivity contribution in [2.45, 2.75) is 26.1 Å². The van der Waals surface area contributed by atoms with Crippen LogP contribution in [0.4, 0.5) is 0 Å². The molecule has 0 bridgehead atoms. The van der Waals surface area contributed by atoms with Gasteiger partial charge in [-0.05, 0) is 11.8 Å². The Bertz CT molecular complexity index is 75.5. The molecule has 0 saturated heterocycles. The Labute approximate surface area is 68.6 Å². The van der Waals surface area contributed by atoms with Crippen LogP contribution in [0.15, 0.2) is 0 Å². The van der Waals surface area contributed by atoms with Gasteiger partial charge in [0, 0.05) is 0 Å². The summed E-state index contributed by atoms with van der Waals surface area (Å²) in [7, 11) is 0. The van der Waals surface area contributed by atoms with Crippen LogP contribution >= 0.6 is 25.4 Å². The van der Waals surface area contributed by atoms with E-state index in [2.05, 4.69) is 50.9 Å². The van der Waals surface area contributed by atoms with Crippen LogP contribution in [0.3, 0.4) is 0 Å².